The molecule has 1 aromatic carbocycles. The van der Waals surface area contributed by atoms with E-state index in [0.29, 0.717) is 0 Å². The van der Waals surface area contributed by atoms with Gasteiger partial charge in [-0.15, -0.1) is 0 Å². The highest BCUT2D eigenvalue weighted by atomic mass is 14.0. The highest BCUT2D eigenvalue weighted by Crippen LogP contribution is 2.16. The Morgan fingerprint density at radius 3 is 2.05 bits per heavy atom. The standard InChI is InChI=1S/C20H26/c1-2-4-6-9-13-19(14-10-7-5-3-1)17-18-20-15-11-8-12-16-20/h8,11-13,15-16H,1-7,9-10,14H2/b19-13-. The molecule has 1 aliphatic carbocycles. The largest absolute Gasteiger partial charge is 0.0729 e. The molecule has 106 valence electrons. The van der Waals surface area contributed by atoms with Crippen LogP contribution >= 0.6 is 0 Å². The third-order valence-corrected chi connectivity index (χ3v) is 3.93. The lowest BCUT2D eigenvalue weighted by Crippen LogP contribution is -1.87. The summed E-state index contributed by atoms with van der Waals surface area (Å²) in [5.74, 6) is 6.71. The van der Waals surface area contributed by atoms with Gasteiger partial charge < -0.3 is 0 Å². The molecule has 2 rings (SSSR count). The predicted octanol–water partition coefficient (Wildman–Crippen LogP) is 5.88. The van der Waals surface area contributed by atoms with E-state index in [9.17, 15) is 0 Å². The van der Waals surface area contributed by atoms with Crippen LogP contribution in [0.15, 0.2) is 42.0 Å². The fourth-order valence-corrected chi connectivity index (χ4v) is 2.69. The second-order valence-electron chi connectivity index (χ2n) is 5.71. The predicted molar refractivity (Wildman–Crippen MR) is 87.6 cm³/mol. The molecule has 20 heavy (non-hydrogen) atoms. The van der Waals surface area contributed by atoms with E-state index >= 15 is 0 Å². The van der Waals surface area contributed by atoms with Gasteiger partial charge in [0.05, 0.1) is 0 Å². The molecule has 0 N–H and O–H groups in total. The van der Waals surface area contributed by atoms with Crippen molar-refractivity contribution in [2.45, 2.75) is 64.2 Å². The normalized spacial score (nSPS) is 20.5. The molecule has 1 aromatic rings. The lowest BCUT2D eigenvalue weighted by molar-refractivity contribution is 0.564. The fraction of sp³-hybridized carbons (Fsp3) is 0.500. The molecule has 0 fully saturated rings. The number of allylic oxidation sites excluding steroid dienone is 2. The van der Waals surface area contributed by atoms with Crippen molar-refractivity contribution in [2.75, 3.05) is 0 Å². The monoisotopic (exact) mass is 266 g/mol. The molecular formula is C20H26. The maximum absolute atomic E-state index is 3.40. The van der Waals surface area contributed by atoms with Crippen LogP contribution in [-0.4, -0.2) is 0 Å². The minimum Gasteiger partial charge on any atom is -0.0729 e. The van der Waals surface area contributed by atoms with E-state index in [2.05, 4.69) is 42.2 Å². The van der Waals surface area contributed by atoms with E-state index in [1.165, 1.54) is 69.8 Å². The summed E-state index contributed by atoms with van der Waals surface area (Å²) in [6, 6.07) is 10.3. The van der Waals surface area contributed by atoms with E-state index < -0.39 is 0 Å². The molecule has 1 aliphatic rings. The van der Waals surface area contributed by atoms with E-state index in [0.717, 1.165) is 5.56 Å². The summed E-state index contributed by atoms with van der Waals surface area (Å²) in [6.07, 6.45) is 15.8. The molecule has 0 aliphatic heterocycles. The van der Waals surface area contributed by atoms with Crippen LogP contribution in [-0.2, 0) is 0 Å². The van der Waals surface area contributed by atoms with Crippen molar-refractivity contribution in [2.24, 2.45) is 0 Å². The topological polar surface area (TPSA) is 0 Å². The summed E-state index contributed by atoms with van der Waals surface area (Å²) in [6.45, 7) is 0. The van der Waals surface area contributed by atoms with Gasteiger partial charge in [-0.2, -0.15) is 0 Å². The van der Waals surface area contributed by atoms with E-state index in [1.807, 2.05) is 6.07 Å². The Balaban J connectivity index is 1.96. The Kier molecular flexibility index (Phi) is 7.03. The van der Waals surface area contributed by atoms with Gasteiger partial charge in [0, 0.05) is 5.56 Å². The Labute approximate surface area is 124 Å². The van der Waals surface area contributed by atoms with Crippen molar-refractivity contribution >= 4 is 0 Å². The first kappa shape index (κ1) is 14.9. The van der Waals surface area contributed by atoms with Gasteiger partial charge in [-0.1, -0.05) is 74.6 Å². The summed E-state index contributed by atoms with van der Waals surface area (Å²) >= 11 is 0. The second-order valence-corrected chi connectivity index (χ2v) is 5.71. The van der Waals surface area contributed by atoms with Crippen LogP contribution in [0.5, 0.6) is 0 Å². The summed E-state index contributed by atoms with van der Waals surface area (Å²) in [5.41, 5.74) is 2.48. The first-order valence-electron chi connectivity index (χ1n) is 8.21. The summed E-state index contributed by atoms with van der Waals surface area (Å²) < 4.78 is 0. The molecule has 0 amide bonds. The van der Waals surface area contributed by atoms with Crippen LogP contribution in [0.25, 0.3) is 0 Å². The van der Waals surface area contributed by atoms with Crippen LogP contribution in [0, 0.1) is 11.8 Å². The third kappa shape index (κ3) is 6.11. The quantitative estimate of drug-likeness (QED) is 0.514. The van der Waals surface area contributed by atoms with Crippen molar-refractivity contribution in [3.63, 3.8) is 0 Å². The van der Waals surface area contributed by atoms with Crippen LogP contribution in [0.2, 0.25) is 0 Å². The maximum Gasteiger partial charge on any atom is 0.0248 e. The highest BCUT2D eigenvalue weighted by molar-refractivity contribution is 5.40. The van der Waals surface area contributed by atoms with Gasteiger partial charge in [0.25, 0.3) is 0 Å². The molecule has 0 bridgehead atoms. The first-order valence-corrected chi connectivity index (χ1v) is 8.21. The zero-order chi connectivity index (χ0) is 13.9. The van der Waals surface area contributed by atoms with E-state index in [1.54, 1.807) is 0 Å². The average molecular weight is 266 g/mol. The smallest absolute Gasteiger partial charge is 0.0248 e. The Bertz CT molecular complexity index is 456. The Hall–Kier alpha value is -1.48. The summed E-state index contributed by atoms with van der Waals surface area (Å²) in [5, 5.41) is 0. The number of hydrogen-bond acceptors (Lipinski definition) is 0. The van der Waals surface area contributed by atoms with E-state index in [-0.39, 0.29) is 0 Å². The van der Waals surface area contributed by atoms with Crippen molar-refractivity contribution < 1.29 is 0 Å². The zero-order valence-electron chi connectivity index (χ0n) is 12.5. The van der Waals surface area contributed by atoms with Crippen molar-refractivity contribution in [1.82, 2.24) is 0 Å². The molecule has 0 saturated carbocycles. The first-order chi connectivity index (χ1) is 9.95. The maximum atomic E-state index is 3.40. The summed E-state index contributed by atoms with van der Waals surface area (Å²) in [4.78, 5) is 0. The van der Waals surface area contributed by atoms with Crippen LogP contribution in [0.1, 0.15) is 69.8 Å². The van der Waals surface area contributed by atoms with Gasteiger partial charge in [0.2, 0.25) is 0 Å². The van der Waals surface area contributed by atoms with Gasteiger partial charge in [0.15, 0.2) is 0 Å². The van der Waals surface area contributed by atoms with Gasteiger partial charge >= 0.3 is 0 Å². The van der Waals surface area contributed by atoms with Gasteiger partial charge in [-0.05, 0) is 43.4 Å². The minimum atomic E-state index is 1.12. The second kappa shape index (κ2) is 9.43. The number of rotatable bonds is 0. The molecule has 0 heteroatoms. The SMILES string of the molecule is C(#Cc1ccccc1)/C1=C\CCCCCCCCCC1. The molecule has 0 atom stereocenters. The Morgan fingerprint density at radius 2 is 1.30 bits per heavy atom. The molecule has 0 nitrogen and oxygen atoms in total. The van der Waals surface area contributed by atoms with Gasteiger partial charge in [-0.25, -0.2) is 0 Å². The van der Waals surface area contributed by atoms with Crippen molar-refractivity contribution in [1.29, 1.82) is 0 Å². The van der Waals surface area contributed by atoms with Crippen LogP contribution in [0.4, 0.5) is 0 Å². The van der Waals surface area contributed by atoms with Crippen molar-refractivity contribution in [3.05, 3.63) is 47.5 Å². The molecule has 0 saturated heterocycles. The van der Waals surface area contributed by atoms with Crippen molar-refractivity contribution in [3.8, 4) is 11.8 Å². The Morgan fingerprint density at radius 1 is 0.650 bits per heavy atom. The van der Waals surface area contributed by atoms with Gasteiger partial charge in [0.1, 0.15) is 0 Å². The average Bonchev–Trinajstić information content (AvgIpc) is 2.48. The molecular weight excluding hydrogens is 240 g/mol. The zero-order valence-corrected chi connectivity index (χ0v) is 12.5. The lowest BCUT2D eigenvalue weighted by Gasteiger charge is -2.05. The minimum absolute atomic E-state index is 1.12. The number of benzene rings is 1. The summed E-state index contributed by atoms with van der Waals surface area (Å²) in [7, 11) is 0. The number of hydrogen-bond donors (Lipinski definition) is 0. The van der Waals surface area contributed by atoms with Crippen LogP contribution in [0.3, 0.4) is 0 Å². The molecule has 0 aromatic heterocycles. The molecule has 0 spiro atoms. The lowest BCUT2D eigenvalue weighted by atomic mass is 10.0. The molecule has 0 radical (unpaired) electrons. The fourth-order valence-electron chi connectivity index (χ4n) is 2.69. The van der Waals surface area contributed by atoms with E-state index in [4.69, 9.17) is 0 Å². The van der Waals surface area contributed by atoms with Crippen LogP contribution < -0.4 is 0 Å². The molecule has 0 unspecified atom stereocenters. The third-order valence-electron chi connectivity index (χ3n) is 3.93. The molecule has 0 heterocycles. The van der Waals surface area contributed by atoms with Gasteiger partial charge in [-0.3, -0.25) is 0 Å². The highest BCUT2D eigenvalue weighted by Gasteiger charge is 1.98.